The summed E-state index contributed by atoms with van der Waals surface area (Å²) in [4.78, 5) is 4.05. The van der Waals surface area contributed by atoms with E-state index in [1.54, 1.807) is 12.4 Å². The number of hydrogen-bond donors (Lipinski definition) is 2. The second kappa shape index (κ2) is 6.26. The van der Waals surface area contributed by atoms with Crippen molar-refractivity contribution in [2.24, 2.45) is 0 Å². The van der Waals surface area contributed by atoms with Gasteiger partial charge in [-0.25, -0.2) is 0 Å². The Hall–Kier alpha value is -1.79. The van der Waals surface area contributed by atoms with Crippen LogP contribution in [-0.4, -0.2) is 34.0 Å². The molecule has 0 saturated carbocycles. The van der Waals surface area contributed by atoms with Crippen LogP contribution in [0, 0.1) is 0 Å². The van der Waals surface area contributed by atoms with Crippen LogP contribution in [0.15, 0.2) is 42.7 Å². The minimum atomic E-state index is -0.936. The molecule has 5 heteroatoms. The molecule has 2 aliphatic heterocycles. The van der Waals surface area contributed by atoms with Crippen molar-refractivity contribution in [3.8, 4) is 0 Å². The number of hydrogen-bond acceptors (Lipinski definition) is 5. The lowest BCUT2D eigenvalue weighted by molar-refractivity contribution is -0.302. The van der Waals surface area contributed by atoms with E-state index in [0.29, 0.717) is 19.4 Å². The first-order valence-electron chi connectivity index (χ1n) is 8.30. The molecule has 0 radical (unpaired) electrons. The number of benzene rings is 1. The van der Waals surface area contributed by atoms with Gasteiger partial charge in [0, 0.05) is 30.8 Å². The van der Waals surface area contributed by atoms with Gasteiger partial charge >= 0.3 is 0 Å². The number of nitrogens with zero attached hydrogens (tertiary/aromatic N) is 1. The molecule has 4 rings (SSSR count). The molecule has 0 aliphatic carbocycles. The predicted octanol–water partition coefficient (Wildman–Crippen LogP) is 1.89. The van der Waals surface area contributed by atoms with Crippen LogP contribution < -0.4 is 0 Å². The number of aliphatic hydroxyl groups is 2. The van der Waals surface area contributed by atoms with E-state index in [1.165, 1.54) is 5.56 Å². The summed E-state index contributed by atoms with van der Waals surface area (Å²) in [6, 6.07) is 10.3. The lowest BCUT2D eigenvalue weighted by Gasteiger charge is -2.40. The minimum Gasteiger partial charge on any atom is -0.394 e. The van der Waals surface area contributed by atoms with Crippen molar-refractivity contribution >= 4 is 0 Å². The average Bonchev–Trinajstić information content (AvgIpc) is 2.92. The van der Waals surface area contributed by atoms with Crippen molar-refractivity contribution in [1.82, 2.24) is 4.98 Å². The van der Waals surface area contributed by atoms with Crippen LogP contribution in [0.3, 0.4) is 0 Å². The predicted molar refractivity (Wildman–Crippen MR) is 87.2 cm³/mol. The van der Waals surface area contributed by atoms with E-state index in [-0.39, 0.29) is 6.61 Å². The van der Waals surface area contributed by atoms with Gasteiger partial charge in [0.05, 0.1) is 25.4 Å². The molecule has 2 aliphatic rings. The first-order valence-corrected chi connectivity index (χ1v) is 8.30. The second-order valence-electron chi connectivity index (χ2n) is 6.58. The fourth-order valence-corrected chi connectivity index (χ4v) is 3.66. The van der Waals surface area contributed by atoms with Gasteiger partial charge in [0.15, 0.2) is 5.79 Å². The normalized spacial score (nSPS) is 28.9. The molecule has 0 bridgehead atoms. The third-order valence-corrected chi connectivity index (χ3v) is 4.80. The molecule has 5 nitrogen and oxygen atoms in total. The van der Waals surface area contributed by atoms with Crippen molar-refractivity contribution < 1.29 is 19.7 Å². The summed E-state index contributed by atoms with van der Waals surface area (Å²) in [7, 11) is 0. The highest BCUT2D eigenvalue weighted by Crippen LogP contribution is 2.45. The summed E-state index contributed by atoms with van der Waals surface area (Å²) < 4.78 is 12.0. The molecule has 1 aromatic heterocycles. The average molecular weight is 327 g/mol. The van der Waals surface area contributed by atoms with Crippen molar-refractivity contribution in [2.75, 3.05) is 6.61 Å². The van der Waals surface area contributed by atoms with Crippen LogP contribution >= 0.6 is 0 Å². The standard InChI is InChI=1S/C19H21NO4/c21-11-17-9-16(22)10-19(24-17)18-8-14(1-2-15(18)12-23-19)7-13-3-5-20-6-4-13/h1-6,8,16-17,21-22H,7,9-12H2/t16?,17?,19-/m1/s1. The summed E-state index contributed by atoms with van der Waals surface area (Å²) in [6.07, 6.45) is 4.29. The highest BCUT2D eigenvalue weighted by Gasteiger charge is 2.48. The zero-order chi connectivity index (χ0) is 16.6. The van der Waals surface area contributed by atoms with Gasteiger partial charge in [-0.05, 0) is 41.3 Å². The third-order valence-electron chi connectivity index (χ3n) is 4.80. The Labute approximate surface area is 140 Å². The fourth-order valence-electron chi connectivity index (χ4n) is 3.66. The van der Waals surface area contributed by atoms with E-state index < -0.39 is 18.0 Å². The van der Waals surface area contributed by atoms with E-state index in [4.69, 9.17) is 9.47 Å². The van der Waals surface area contributed by atoms with Crippen LogP contribution in [0.2, 0.25) is 0 Å². The molecule has 126 valence electrons. The molecule has 1 fully saturated rings. The highest BCUT2D eigenvalue weighted by molar-refractivity contribution is 5.39. The largest absolute Gasteiger partial charge is 0.394 e. The smallest absolute Gasteiger partial charge is 0.198 e. The lowest BCUT2D eigenvalue weighted by atomic mass is 9.90. The Morgan fingerprint density at radius 1 is 1.17 bits per heavy atom. The van der Waals surface area contributed by atoms with Gasteiger partial charge in [0.1, 0.15) is 0 Å². The van der Waals surface area contributed by atoms with Gasteiger partial charge < -0.3 is 19.7 Å². The van der Waals surface area contributed by atoms with E-state index >= 15 is 0 Å². The van der Waals surface area contributed by atoms with Gasteiger partial charge in [-0.2, -0.15) is 0 Å². The molecule has 2 unspecified atom stereocenters. The quantitative estimate of drug-likeness (QED) is 0.901. The SMILES string of the molecule is OCC1CC(O)C[C@@]2(OCc3ccc(Cc4ccncc4)cc32)O1. The van der Waals surface area contributed by atoms with Crippen molar-refractivity contribution in [2.45, 2.75) is 43.9 Å². The Bertz CT molecular complexity index is 721. The van der Waals surface area contributed by atoms with Gasteiger partial charge in [-0.1, -0.05) is 12.1 Å². The first-order chi connectivity index (χ1) is 11.7. The molecule has 3 heterocycles. The van der Waals surface area contributed by atoms with E-state index in [1.807, 2.05) is 12.1 Å². The highest BCUT2D eigenvalue weighted by atomic mass is 16.7. The minimum absolute atomic E-state index is 0.117. The van der Waals surface area contributed by atoms with Crippen molar-refractivity contribution in [3.63, 3.8) is 0 Å². The van der Waals surface area contributed by atoms with Crippen LogP contribution in [0.5, 0.6) is 0 Å². The molecule has 2 aromatic rings. The van der Waals surface area contributed by atoms with Crippen molar-refractivity contribution in [1.29, 1.82) is 0 Å². The Morgan fingerprint density at radius 2 is 2.00 bits per heavy atom. The fraction of sp³-hybridized carbons (Fsp3) is 0.421. The second-order valence-corrected chi connectivity index (χ2v) is 6.58. The molecule has 0 amide bonds. The molecule has 24 heavy (non-hydrogen) atoms. The number of fused-ring (bicyclic) bond motifs is 2. The number of aromatic nitrogens is 1. The van der Waals surface area contributed by atoms with E-state index in [0.717, 1.165) is 23.1 Å². The summed E-state index contributed by atoms with van der Waals surface area (Å²) in [5.74, 6) is -0.936. The summed E-state index contributed by atoms with van der Waals surface area (Å²) in [6.45, 7) is 0.351. The summed E-state index contributed by atoms with van der Waals surface area (Å²) >= 11 is 0. The van der Waals surface area contributed by atoms with Crippen molar-refractivity contribution in [3.05, 3.63) is 65.0 Å². The van der Waals surface area contributed by atoms with Crippen LogP contribution in [0.1, 0.15) is 35.1 Å². The van der Waals surface area contributed by atoms with Crippen LogP contribution in [-0.2, 0) is 28.3 Å². The topological polar surface area (TPSA) is 71.8 Å². The molecule has 2 N–H and O–H groups in total. The Morgan fingerprint density at radius 3 is 2.79 bits per heavy atom. The summed E-state index contributed by atoms with van der Waals surface area (Å²) in [5, 5.41) is 19.6. The van der Waals surface area contributed by atoms with Gasteiger partial charge in [0.2, 0.25) is 0 Å². The van der Waals surface area contributed by atoms with Crippen LogP contribution in [0.25, 0.3) is 0 Å². The monoisotopic (exact) mass is 327 g/mol. The Kier molecular flexibility index (Phi) is 4.10. The first kappa shape index (κ1) is 15.7. The molecular weight excluding hydrogens is 306 g/mol. The zero-order valence-corrected chi connectivity index (χ0v) is 13.4. The maximum Gasteiger partial charge on any atom is 0.198 e. The number of ether oxygens (including phenoxy) is 2. The summed E-state index contributed by atoms with van der Waals surface area (Å²) in [5.41, 5.74) is 4.41. The zero-order valence-electron chi connectivity index (χ0n) is 13.4. The number of rotatable bonds is 3. The molecule has 1 aromatic carbocycles. The van der Waals surface area contributed by atoms with E-state index in [2.05, 4.69) is 23.2 Å². The third kappa shape index (κ3) is 2.84. The number of pyridine rings is 1. The van der Waals surface area contributed by atoms with Crippen LogP contribution in [0.4, 0.5) is 0 Å². The molecular formula is C19H21NO4. The maximum atomic E-state index is 10.2. The van der Waals surface area contributed by atoms with Gasteiger partial charge in [0.25, 0.3) is 0 Å². The molecule has 1 spiro atoms. The van der Waals surface area contributed by atoms with Gasteiger partial charge in [-0.3, -0.25) is 4.98 Å². The van der Waals surface area contributed by atoms with E-state index in [9.17, 15) is 10.2 Å². The molecule has 3 atom stereocenters. The maximum absolute atomic E-state index is 10.2. The van der Waals surface area contributed by atoms with Gasteiger partial charge in [-0.15, -0.1) is 0 Å². The molecule has 1 saturated heterocycles. The Balaban J connectivity index is 1.65. The number of aliphatic hydroxyl groups excluding tert-OH is 2. The lowest BCUT2D eigenvalue weighted by Crippen LogP contribution is -2.45.